The predicted molar refractivity (Wildman–Crippen MR) is 104 cm³/mol. The molecule has 0 amide bonds. The van der Waals surface area contributed by atoms with Crippen molar-refractivity contribution in [2.45, 2.75) is 19.4 Å². The Morgan fingerprint density at radius 2 is 1.96 bits per heavy atom. The fourth-order valence-electron chi connectivity index (χ4n) is 2.06. The van der Waals surface area contributed by atoms with E-state index in [-0.39, 0.29) is 12.2 Å². The molecular formula is C16H15I2NO4. The summed E-state index contributed by atoms with van der Waals surface area (Å²) in [6, 6.07) is 7.86. The molecule has 1 atom stereocenters. The van der Waals surface area contributed by atoms with Gasteiger partial charge < -0.3 is 20.7 Å². The minimum atomic E-state index is -1.02. The van der Waals surface area contributed by atoms with Crippen LogP contribution in [-0.2, 0) is 11.2 Å². The molecule has 2 rings (SSSR count). The third kappa shape index (κ3) is 4.70. The quantitative estimate of drug-likeness (QED) is 0.505. The molecule has 5 nitrogen and oxygen atoms in total. The maximum absolute atomic E-state index is 10.9. The molecule has 1 unspecified atom stereocenters. The van der Waals surface area contributed by atoms with Gasteiger partial charge >= 0.3 is 5.97 Å². The number of phenols is 1. The van der Waals surface area contributed by atoms with Crippen molar-refractivity contribution in [3.05, 3.63) is 48.6 Å². The van der Waals surface area contributed by atoms with Crippen molar-refractivity contribution in [3.63, 3.8) is 0 Å². The van der Waals surface area contributed by atoms with Crippen LogP contribution in [0.15, 0.2) is 30.3 Å². The number of benzene rings is 2. The Balaban J connectivity index is 2.26. The van der Waals surface area contributed by atoms with Crippen LogP contribution in [0.2, 0.25) is 0 Å². The minimum absolute atomic E-state index is 0.211. The highest BCUT2D eigenvalue weighted by Gasteiger charge is 2.15. The van der Waals surface area contributed by atoms with Crippen LogP contribution in [0.25, 0.3) is 0 Å². The molecule has 0 aliphatic heterocycles. The van der Waals surface area contributed by atoms with Gasteiger partial charge in [-0.1, -0.05) is 6.07 Å². The first-order chi connectivity index (χ1) is 10.8. The number of rotatable bonds is 5. The van der Waals surface area contributed by atoms with Crippen LogP contribution in [0.1, 0.15) is 11.1 Å². The van der Waals surface area contributed by atoms with Crippen molar-refractivity contribution >= 4 is 51.2 Å². The summed E-state index contributed by atoms with van der Waals surface area (Å²) < 4.78 is 7.49. The molecule has 0 radical (unpaired) electrons. The lowest BCUT2D eigenvalue weighted by Crippen LogP contribution is -2.32. The van der Waals surface area contributed by atoms with Crippen molar-refractivity contribution in [2.24, 2.45) is 5.73 Å². The minimum Gasteiger partial charge on any atom is -0.507 e. The number of hydrogen-bond acceptors (Lipinski definition) is 4. The van der Waals surface area contributed by atoms with Gasteiger partial charge in [0.1, 0.15) is 23.3 Å². The Morgan fingerprint density at radius 1 is 1.26 bits per heavy atom. The highest BCUT2D eigenvalue weighted by atomic mass is 127. The van der Waals surface area contributed by atoms with Crippen LogP contribution >= 0.6 is 45.2 Å². The van der Waals surface area contributed by atoms with Gasteiger partial charge in [0.25, 0.3) is 0 Å². The fourth-order valence-corrected chi connectivity index (χ4v) is 3.48. The van der Waals surface area contributed by atoms with E-state index in [1.54, 1.807) is 18.2 Å². The Kier molecular flexibility index (Phi) is 6.09. The summed E-state index contributed by atoms with van der Waals surface area (Å²) in [7, 11) is 0. The number of carbonyl (C=O) groups is 1. The van der Waals surface area contributed by atoms with E-state index in [2.05, 4.69) is 22.6 Å². The van der Waals surface area contributed by atoms with E-state index in [0.717, 1.165) is 14.7 Å². The summed E-state index contributed by atoms with van der Waals surface area (Å²) in [6.07, 6.45) is 0.267. The second kappa shape index (κ2) is 7.67. The number of aliphatic carboxylic acids is 1. The van der Waals surface area contributed by atoms with Gasteiger partial charge in [0.05, 0.1) is 7.14 Å². The summed E-state index contributed by atoms with van der Waals surface area (Å²) in [4.78, 5) is 10.9. The highest BCUT2D eigenvalue weighted by molar-refractivity contribution is 14.1. The molecule has 0 saturated carbocycles. The second-order valence-electron chi connectivity index (χ2n) is 5.09. The highest BCUT2D eigenvalue weighted by Crippen LogP contribution is 2.33. The predicted octanol–water partition coefficient (Wildman–Crippen LogP) is 3.66. The molecule has 0 fully saturated rings. The van der Waals surface area contributed by atoms with Gasteiger partial charge in [-0.25, -0.2) is 0 Å². The van der Waals surface area contributed by atoms with E-state index in [9.17, 15) is 9.90 Å². The van der Waals surface area contributed by atoms with Crippen molar-refractivity contribution in [1.29, 1.82) is 0 Å². The number of aryl methyl sites for hydroxylation is 1. The summed E-state index contributed by atoms with van der Waals surface area (Å²) in [5.74, 6) is 0.530. The van der Waals surface area contributed by atoms with Crippen LogP contribution in [0, 0.1) is 14.1 Å². The molecule has 0 spiro atoms. The zero-order valence-electron chi connectivity index (χ0n) is 12.2. The van der Waals surface area contributed by atoms with Crippen LogP contribution in [-0.4, -0.2) is 22.2 Å². The molecule has 122 valence electrons. The van der Waals surface area contributed by atoms with Crippen LogP contribution in [0.4, 0.5) is 0 Å². The first kappa shape index (κ1) is 18.3. The van der Waals surface area contributed by atoms with E-state index in [1.165, 1.54) is 0 Å². The van der Waals surface area contributed by atoms with Gasteiger partial charge in [0.2, 0.25) is 0 Å². The Labute approximate surface area is 161 Å². The summed E-state index contributed by atoms with van der Waals surface area (Å²) in [5, 5.41) is 18.5. The lowest BCUT2D eigenvalue weighted by atomic mass is 10.0. The number of nitrogens with two attached hydrogens (primary N) is 1. The molecule has 0 aromatic heterocycles. The van der Waals surface area contributed by atoms with Crippen LogP contribution < -0.4 is 10.5 Å². The molecular weight excluding hydrogens is 524 g/mol. The van der Waals surface area contributed by atoms with Gasteiger partial charge in [-0.05, 0) is 93.9 Å². The summed E-state index contributed by atoms with van der Waals surface area (Å²) in [6.45, 7) is 1.90. The van der Waals surface area contributed by atoms with Gasteiger partial charge in [0.15, 0.2) is 0 Å². The van der Waals surface area contributed by atoms with Gasteiger partial charge in [-0.3, -0.25) is 4.79 Å². The summed E-state index contributed by atoms with van der Waals surface area (Å²) in [5.41, 5.74) is 7.34. The molecule has 4 N–H and O–H groups in total. The average molecular weight is 539 g/mol. The molecule has 0 bridgehead atoms. The number of ether oxygens (including phenoxy) is 1. The van der Waals surface area contributed by atoms with Crippen molar-refractivity contribution in [3.8, 4) is 17.2 Å². The molecule has 0 aliphatic rings. The maximum Gasteiger partial charge on any atom is 0.320 e. The SMILES string of the molecule is Cc1cc(CC(N)C(=O)O)cc(I)c1Oc1ccc(O)c(I)c1. The van der Waals surface area contributed by atoms with Gasteiger partial charge in [0, 0.05) is 0 Å². The van der Waals surface area contributed by atoms with Crippen molar-refractivity contribution in [1.82, 2.24) is 0 Å². The standard InChI is InChI=1S/C16H15I2NO4/c1-8-4-9(6-13(19)16(21)22)5-12(18)15(8)23-10-2-3-14(20)11(17)7-10/h2-5,7,13,20H,6,19H2,1H3,(H,21,22). The van der Waals surface area contributed by atoms with E-state index >= 15 is 0 Å². The smallest absolute Gasteiger partial charge is 0.320 e. The molecule has 0 heterocycles. The monoisotopic (exact) mass is 539 g/mol. The van der Waals surface area contributed by atoms with E-state index < -0.39 is 12.0 Å². The third-order valence-corrected chi connectivity index (χ3v) is 4.87. The lowest BCUT2D eigenvalue weighted by molar-refractivity contribution is -0.138. The number of hydrogen-bond donors (Lipinski definition) is 3. The molecule has 2 aromatic carbocycles. The first-order valence-corrected chi connectivity index (χ1v) is 8.87. The van der Waals surface area contributed by atoms with E-state index in [4.69, 9.17) is 15.6 Å². The lowest BCUT2D eigenvalue weighted by Gasteiger charge is -2.14. The number of halogens is 2. The Hall–Kier alpha value is -1.07. The molecule has 2 aromatic rings. The van der Waals surface area contributed by atoms with Crippen LogP contribution in [0.5, 0.6) is 17.2 Å². The Morgan fingerprint density at radius 3 is 2.52 bits per heavy atom. The van der Waals surface area contributed by atoms with E-state index in [1.807, 2.05) is 41.6 Å². The molecule has 0 saturated heterocycles. The van der Waals surface area contributed by atoms with Gasteiger partial charge in [-0.15, -0.1) is 0 Å². The maximum atomic E-state index is 10.9. The number of phenolic OH excluding ortho intramolecular Hbond substituents is 1. The van der Waals surface area contributed by atoms with Crippen molar-refractivity contribution in [2.75, 3.05) is 0 Å². The largest absolute Gasteiger partial charge is 0.507 e. The zero-order chi connectivity index (χ0) is 17.1. The fraction of sp³-hybridized carbons (Fsp3) is 0.188. The molecule has 7 heteroatoms. The third-order valence-electron chi connectivity index (χ3n) is 3.20. The van der Waals surface area contributed by atoms with E-state index in [0.29, 0.717) is 15.1 Å². The van der Waals surface area contributed by atoms with Crippen molar-refractivity contribution < 1.29 is 19.7 Å². The second-order valence-corrected chi connectivity index (χ2v) is 7.41. The summed E-state index contributed by atoms with van der Waals surface area (Å²) >= 11 is 4.19. The topological polar surface area (TPSA) is 92.8 Å². The molecule has 0 aliphatic carbocycles. The van der Waals surface area contributed by atoms with Crippen LogP contribution in [0.3, 0.4) is 0 Å². The first-order valence-electron chi connectivity index (χ1n) is 6.71. The number of carboxylic acid groups (broad SMARTS) is 1. The normalized spacial score (nSPS) is 12.0. The van der Waals surface area contributed by atoms with Gasteiger partial charge in [-0.2, -0.15) is 0 Å². The average Bonchev–Trinajstić information content (AvgIpc) is 2.46. The zero-order valence-corrected chi connectivity index (χ0v) is 16.5. The number of carboxylic acids is 1. The number of aromatic hydroxyl groups is 1. The molecule has 23 heavy (non-hydrogen) atoms. The Bertz CT molecular complexity index is 726.